The number of rotatable bonds is 2. The van der Waals surface area contributed by atoms with Crippen molar-refractivity contribution < 1.29 is 0 Å². The van der Waals surface area contributed by atoms with E-state index in [2.05, 4.69) is 77.0 Å². The fourth-order valence-electron chi connectivity index (χ4n) is 1.96. The van der Waals surface area contributed by atoms with Crippen LogP contribution in [-0.4, -0.2) is 16.5 Å². The van der Waals surface area contributed by atoms with Crippen LogP contribution in [-0.2, 0) is 0 Å². The van der Waals surface area contributed by atoms with E-state index in [0.29, 0.717) is 0 Å². The molecule has 0 amide bonds. The zero-order valence-electron chi connectivity index (χ0n) is 9.53. The molecule has 0 bridgehead atoms. The smallest absolute Gasteiger partial charge is 0.0983 e. The van der Waals surface area contributed by atoms with Gasteiger partial charge in [-0.05, 0) is 23.8 Å². The second-order valence-corrected chi connectivity index (χ2v) is 4.11. The summed E-state index contributed by atoms with van der Waals surface area (Å²) >= 11 is 0. The summed E-state index contributed by atoms with van der Waals surface area (Å²) in [6.07, 6.45) is 14.7. The van der Waals surface area contributed by atoms with E-state index in [9.17, 15) is 0 Å². The molecule has 0 unspecified atom stereocenters. The van der Waals surface area contributed by atoms with E-state index in [4.69, 9.17) is 0 Å². The fourth-order valence-corrected chi connectivity index (χ4v) is 1.96. The Hall–Kier alpha value is -2.22. The standard InChI is InChI=1S/C15H14N2/c1-2-6-14(7-3-1)9-11-16-12-15-8-4-5-10-17(15)13-16/h1-12H,13H2. The number of allylic oxidation sites excluding steroid dienone is 3. The van der Waals surface area contributed by atoms with Crippen LogP contribution in [0.15, 0.2) is 72.9 Å². The highest BCUT2D eigenvalue weighted by Crippen LogP contribution is 2.20. The minimum Gasteiger partial charge on any atom is -0.334 e. The first kappa shape index (κ1) is 9.97. The molecule has 2 nitrogen and oxygen atoms in total. The van der Waals surface area contributed by atoms with Crippen molar-refractivity contribution in [2.45, 2.75) is 0 Å². The van der Waals surface area contributed by atoms with Crippen LogP contribution >= 0.6 is 0 Å². The zero-order chi connectivity index (χ0) is 11.5. The maximum absolute atomic E-state index is 2.22. The van der Waals surface area contributed by atoms with Gasteiger partial charge in [0.2, 0.25) is 0 Å². The highest BCUT2D eigenvalue weighted by molar-refractivity contribution is 5.49. The Labute approximate surface area is 101 Å². The van der Waals surface area contributed by atoms with Gasteiger partial charge in [-0.15, -0.1) is 0 Å². The van der Waals surface area contributed by atoms with Crippen molar-refractivity contribution >= 4 is 6.08 Å². The van der Waals surface area contributed by atoms with Gasteiger partial charge in [0.1, 0.15) is 0 Å². The molecule has 0 atom stereocenters. The van der Waals surface area contributed by atoms with E-state index in [-0.39, 0.29) is 0 Å². The van der Waals surface area contributed by atoms with Crippen molar-refractivity contribution in [3.63, 3.8) is 0 Å². The molecule has 0 saturated carbocycles. The average Bonchev–Trinajstić information content (AvgIpc) is 2.80. The van der Waals surface area contributed by atoms with Crippen LogP contribution in [0.3, 0.4) is 0 Å². The summed E-state index contributed by atoms with van der Waals surface area (Å²) in [4.78, 5) is 4.40. The van der Waals surface area contributed by atoms with E-state index >= 15 is 0 Å². The largest absolute Gasteiger partial charge is 0.334 e. The maximum Gasteiger partial charge on any atom is 0.0983 e. The van der Waals surface area contributed by atoms with Crippen molar-refractivity contribution in [1.29, 1.82) is 0 Å². The molecular formula is C15H14N2. The first-order valence-electron chi connectivity index (χ1n) is 5.74. The van der Waals surface area contributed by atoms with Crippen LogP contribution in [0.25, 0.3) is 6.08 Å². The quantitative estimate of drug-likeness (QED) is 0.758. The Balaban J connectivity index is 1.72. The van der Waals surface area contributed by atoms with Crippen molar-refractivity contribution in [3.8, 4) is 0 Å². The molecule has 2 aliphatic heterocycles. The fraction of sp³-hybridized carbons (Fsp3) is 0.0667. The molecule has 3 rings (SSSR count). The molecule has 2 heteroatoms. The summed E-state index contributed by atoms with van der Waals surface area (Å²) in [5, 5.41) is 0. The Morgan fingerprint density at radius 1 is 1.06 bits per heavy atom. The second kappa shape index (κ2) is 4.34. The molecule has 2 aliphatic rings. The summed E-state index contributed by atoms with van der Waals surface area (Å²) < 4.78 is 0. The van der Waals surface area contributed by atoms with Gasteiger partial charge in [0.05, 0.1) is 12.4 Å². The maximum atomic E-state index is 2.22. The van der Waals surface area contributed by atoms with Crippen LogP contribution in [0.5, 0.6) is 0 Å². The predicted octanol–water partition coefficient (Wildman–Crippen LogP) is 3.16. The SMILES string of the molecule is C1=CC2=CN(C=Cc3ccccc3)CN2C=C1. The molecule has 84 valence electrons. The minimum absolute atomic E-state index is 0.888. The Morgan fingerprint density at radius 3 is 2.76 bits per heavy atom. The summed E-state index contributed by atoms with van der Waals surface area (Å²) in [5.74, 6) is 0. The number of nitrogens with zero attached hydrogens (tertiary/aromatic N) is 2. The van der Waals surface area contributed by atoms with Gasteiger partial charge in [-0.25, -0.2) is 0 Å². The van der Waals surface area contributed by atoms with E-state index in [1.807, 2.05) is 6.07 Å². The van der Waals surface area contributed by atoms with Gasteiger partial charge in [-0.1, -0.05) is 36.4 Å². The van der Waals surface area contributed by atoms with Crippen LogP contribution in [0, 0.1) is 0 Å². The second-order valence-electron chi connectivity index (χ2n) is 4.11. The molecule has 0 radical (unpaired) electrons. The third kappa shape index (κ3) is 2.16. The van der Waals surface area contributed by atoms with E-state index in [1.54, 1.807) is 0 Å². The summed E-state index contributed by atoms with van der Waals surface area (Å²) in [7, 11) is 0. The third-order valence-electron chi connectivity index (χ3n) is 2.85. The van der Waals surface area contributed by atoms with Gasteiger partial charge < -0.3 is 9.80 Å². The molecule has 0 aliphatic carbocycles. The lowest BCUT2D eigenvalue weighted by atomic mass is 10.2. The molecule has 1 aromatic carbocycles. The van der Waals surface area contributed by atoms with Crippen molar-refractivity contribution in [2.75, 3.05) is 6.67 Å². The molecule has 2 heterocycles. The first-order chi connectivity index (χ1) is 8.42. The van der Waals surface area contributed by atoms with E-state index < -0.39 is 0 Å². The molecule has 17 heavy (non-hydrogen) atoms. The monoisotopic (exact) mass is 222 g/mol. The number of fused-ring (bicyclic) bond motifs is 1. The average molecular weight is 222 g/mol. The van der Waals surface area contributed by atoms with E-state index in [0.717, 1.165) is 6.67 Å². The zero-order valence-corrected chi connectivity index (χ0v) is 9.53. The normalized spacial score (nSPS) is 17.8. The molecular weight excluding hydrogens is 208 g/mol. The van der Waals surface area contributed by atoms with Gasteiger partial charge in [-0.3, -0.25) is 0 Å². The number of hydrogen-bond acceptors (Lipinski definition) is 2. The van der Waals surface area contributed by atoms with Crippen molar-refractivity contribution in [1.82, 2.24) is 9.80 Å². The van der Waals surface area contributed by atoms with Crippen LogP contribution in [0.4, 0.5) is 0 Å². The van der Waals surface area contributed by atoms with E-state index in [1.165, 1.54) is 11.3 Å². The molecule has 0 N–H and O–H groups in total. The van der Waals surface area contributed by atoms with Crippen molar-refractivity contribution in [2.24, 2.45) is 0 Å². The van der Waals surface area contributed by atoms with Crippen LogP contribution in [0.2, 0.25) is 0 Å². The molecule has 0 fully saturated rings. The summed E-state index contributed by atoms with van der Waals surface area (Å²) in [5.41, 5.74) is 2.46. The molecule has 0 spiro atoms. The molecule has 1 aromatic rings. The highest BCUT2D eigenvalue weighted by Gasteiger charge is 2.16. The summed E-state index contributed by atoms with van der Waals surface area (Å²) in [6.45, 7) is 0.888. The molecule has 0 saturated heterocycles. The number of hydrogen-bond donors (Lipinski definition) is 0. The van der Waals surface area contributed by atoms with Gasteiger partial charge in [0.15, 0.2) is 0 Å². The lowest BCUT2D eigenvalue weighted by Crippen LogP contribution is -2.19. The lowest BCUT2D eigenvalue weighted by Gasteiger charge is -2.18. The summed E-state index contributed by atoms with van der Waals surface area (Å²) in [6, 6.07) is 10.3. The Bertz CT molecular complexity index is 509. The highest BCUT2D eigenvalue weighted by atomic mass is 15.3. The van der Waals surface area contributed by atoms with Gasteiger partial charge >= 0.3 is 0 Å². The minimum atomic E-state index is 0.888. The van der Waals surface area contributed by atoms with Gasteiger partial charge in [0.25, 0.3) is 0 Å². The van der Waals surface area contributed by atoms with Crippen LogP contribution < -0.4 is 0 Å². The third-order valence-corrected chi connectivity index (χ3v) is 2.85. The number of benzene rings is 1. The van der Waals surface area contributed by atoms with Crippen LogP contribution in [0.1, 0.15) is 5.56 Å². The van der Waals surface area contributed by atoms with Gasteiger partial charge in [0, 0.05) is 18.6 Å². The first-order valence-corrected chi connectivity index (χ1v) is 5.74. The topological polar surface area (TPSA) is 6.48 Å². The predicted molar refractivity (Wildman–Crippen MR) is 70.4 cm³/mol. The Morgan fingerprint density at radius 2 is 1.94 bits per heavy atom. The molecule has 0 aromatic heterocycles. The van der Waals surface area contributed by atoms with Gasteiger partial charge in [-0.2, -0.15) is 0 Å². The lowest BCUT2D eigenvalue weighted by molar-refractivity contribution is 0.383. The van der Waals surface area contributed by atoms with Crippen molar-refractivity contribution in [3.05, 3.63) is 78.4 Å². The Kier molecular flexibility index (Phi) is 2.54.